The van der Waals surface area contributed by atoms with Gasteiger partial charge in [-0.25, -0.2) is 8.42 Å². The molecule has 0 spiro atoms. The number of carboxylic acid groups (broad SMARTS) is 1. The number of unbranched alkanes of at least 4 members (excludes halogenated alkanes) is 6. The van der Waals surface area contributed by atoms with E-state index in [4.69, 9.17) is 0 Å². The number of sulfone groups is 1. The predicted molar refractivity (Wildman–Crippen MR) is 124 cm³/mol. The number of rotatable bonds is 15. The Morgan fingerprint density at radius 2 is 1.66 bits per heavy atom. The first-order valence-corrected chi connectivity index (χ1v) is 13.2. The number of benzene rings is 1. The minimum Gasteiger partial charge on any atom is -0.481 e. The molecule has 0 amide bonds. The average Bonchev–Trinajstić information content (AvgIpc) is 3.10. The van der Waals surface area contributed by atoms with Gasteiger partial charge >= 0.3 is 5.97 Å². The molecule has 0 heterocycles. The average molecular weight is 465 g/mol. The molecule has 7 heteroatoms. The predicted octanol–water partition coefficient (Wildman–Crippen LogP) is 4.71. The van der Waals surface area contributed by atoms with Crippen LogP contribution >= 0.6 is 0 Å². The van der Waals surface area contributed by atoms with Crippen molar-refractivity contribution in [2.75, 3.05) is 0 Å². The highest BCUT2D eigenvalue weighted by atomic mass is 32.2. The fourth-order valence-electron chi connectivity index (χ4n) is 4.33. The lowest BCUT2D eigenvalue weighted by Gasteiger charge is -2.22. The van der Waals surface area contributed by atoms with Crippen LogP contribution in [0.15, 0.2) is 46.9 Å². The Bertz CT molecular complexity index is 875. The van der Waals surface area contributed by atoms with Crippen molar-refractivity contribution < 1.29 is 28.2 Å². The van der Waals surface area contributed by atoms with Crippen LogP contribution in [0.4, 0.5) is 0 Å². The van der Waals surface area contributed by atoms with E-state index in [1.807, 2.05) is 0 Å². The van der Waals surface area contributed by atoms with E-state index in [1.54, 1.807) is 24.3 Å². The molecule has 1 aromatic rings. The number of hydrogen-bond donors (Lipinski definition) is 2. The molecule has 178 valence electrons. The maximum atomic E-state index is 13.4. The second-order valence-electron chi connectivity index (χ2n) is 8.67. The molecule has 0 bridgehead atoms. The lowest BCUT2D eigenvalue weighted by molar-refractivity contribution is -0.138. The van der Waals surface area contributed by atoms with Gasteiger partial charge in [-0.15, -0.1) is 0 Å². The van der Waals surface area contributed by atoms with Crippen molar-refractivity contribution in [3.8, 4) is 0 Å². The van der Waals surface area contributed by atoms with E-state index in [0.29, 0.717) is 12.0 Å². The molecule has 0 fully saturated rings. The van der Waals surface area contributed by atoms with Crippen LogP contribution in [0.5, 0.6) is 0 Å². The quantitative estimate of drug-likeness (QED) is 0.287. The van der Waals surface area contributed by atoms with Gasteiger partial charge in [0.1, 0.15) is 5.25 Å². The number of carbonyl (C=O) groups excluding carboxylic acids is 1. The van der Waals surface area contributed by atoms with Gasteiger partial charge in [0.2, 0.25) is 0 Å². The lowest BCUT2D eigenvalue weighted by Crippen LogP contribution is -2.32. The number of aliphatic hydroxyl groups is 1. The molecule has 1 aromatic carbocycles. The van der Waals surface area contributed by atoms with Crippen LogP contribution in [0.3, 0.4) is 0 Å². The summed E-state index contributed by atoms with van der Waals surface area (Å²) in [4.78, 5) is 24.4. The first-order valence-electron chi connectivity index (χ1n) is 11.7. The van der Waals surface area contributed by atoms with Crippen molar-refractivity contribution in [1.82, 2.24) is 0 Å². The topological polar surface area (TPSA) is 109 Å². The molecule has 3 unspecified atom stereocenters. The molecule has 1 aliphatic carbocycles. The van der Waals surface area contributed by atoms with Crippen LogP contribution in [0.25, 0.3) is 0 Å². The van der Waals surface area contributed by atoms with Crippen molar-refractivity contribution in [3.05, 3.63) is 42.0 Å². The Kier molecular flexibility index (Phi) is 10.6. The van der Waals surface area contributed by atoms with Crippen molar-refractivity contribution in [3.63, 3.8) is 0 Å². The van der Waals surface area contributed by atoms with Crippen molar-refractivity contribution in [2.24, 2.45) is 5.92 Å². The van der Waals surface area contributed by atoms with Gasteiger partial charge in [0.05, 0.1) is 17.4 Å². The molecule has 0 saturated heterocycles. The van der Waals surface area contributed by atoms with Crippen molar-refractivity contribution >= 4 is 21.6 Å². The van der Waals surface area contributed by atoms with Gasteiger partial charge in [-0.05, 0) is 31.4 Å². The summed E-state index contributed by atoms with van der Waals surface area (Å²) in [5, 5.41) is 18.1. The van der Waals surface area contributed by atoms with Gasteiger partial charge in [-0.2, -0.15) is 0 Å². The number of Topliss-reactive ketones (excluding diaryl/α,β-unsaturated/α-hetero) is 1. The van der Waals surface area contributed by atoms with Crippen molar-refractivity contribution in [2.45, 2.75) is 93.8 Å². The third-order valence-corrected chi connectivity index (χ3v) is 8.32. The van der Waals surface area contributed by atoms with E-state index in [0.717, 1.165) is 19.3 Å². The highest BCUT2D eigenvalue weighted by Crippen LogP contribution is 2.35. The minimum atomic E-state index is -3.93. The summed E-state index contributed by atoms with van der Waals surface area (Å²) in [5.41, 5.74) is 0.553. The Morgan fingerprint density at radius 1 is 1.03 bits per heavy atom. The highest BCUT2D eigenvalue weighted by molar-refractivity contribution is 7.92. The van der Waals surface area contributed by atoms with Gasteiger partial charge in [-0.3, -0.25) is 9.59 Å². The highest BCUT2D eigenvalue weighted by Gasteiger charge is 2.38. The molecule has 0 aliphatic heterocycles. The summed E-state index contributed by atoms with van der Waals surface area (Å²) in [6.07, 6.45) is 8.18. The van der Waals surface area contributed by atoms with Gasteiger partial charge in [0.25, 0.3) is 0 Å². The summed E-state index contributed by atoms with van der Waals surface area (Å²) in [5.74, 6) is -2.05. The molecule has 1 aliphatic rings. The maximum Gasteiger partial charge on any atom is 0.304 e. The van der Waals surface area contributed by atoms with Gasteiger partial charge in [-0.1, -0.05) is 75.3 Å². The van der Waals surface area contributed by atoms with E-state index in [2.05, 4.69) is 6.92 Å². The number of carbonyl (C=O) groups is 2. The van der Waals surface area contributed by atoms with Gasteiger partial charge in [0.15, 0.2) is 15.6 Å². The van der Waals surface area contributed by atoms with Crippen LogP contribution in [0, 0.1) is 5.92 Å². The van der Waals surface area contributed by atoms with E-state index in [1.165, 1.54) is 31.4 Å². The Morgan fingerprint density at radius 3 is 2.28 bits per heavy atom. The fraction of sp³-hybridized carbons (Fsp3) is 0.600. The molecule has 0 radical (unpaired) electrons. The first-order chi connectivity index (χ1) is 15.3. The number of ketones is 1. The second kappa shape index (κ2) is 12.9. The van der Waals surface area contributed by atoms with Gasteiger partial charge < -0.3 is 10.2 Å². The molecule has 2 rings (SSSR count). The molecule has 0 saturated carbocycles. The third kappa shape index (κ3) is 7.55. The molecule has 2 N–H and O–H groups in total. The first kappa shape index (κ1) is 26.3. The molecule has 0 aromatic heterocycles. The van der Waals surface area contributed by atoms with E-state index in [9.17, 15) is 28.2 Å². The van der Waals surface area contributed by atoms with E-state index < -0.39 is 33.1 Å². The largest absolute Gasteiger partial charge is 0.481 e. The van der Waals surface area contributed by atoms with E-state index in [-0.39, 0.29) is 36.4 Å². The normalized spacial score (nSPS) is 19.5. The van der Waals surface area contributed by atoms with Crippen LogP contribution in [0.1, 0.15) is 77.6 Å². The van der Waals surface area contributed by atoms with Crippen LogP contribution in [-0.4, -0.2) is 41.7 Å². The van der Waals surface area contributed by atoms with Crippen LogP contribution in [0.2, 0.25) is 0 Å². The standard InChI is InChI=1S/C25H36O6S/c1-2-3-4-5-6-7-11-14-23(27)24(32(30,31)20-12-9-8-10-13-20)17-19-15-16-22(26)21(19)18-25(28)29/h8-10,12-13,15,21-22,24,26H,2-7,11,14,16-18H2,1H3,(H,28,29). The summed E-state index contributed by atoms with van der Waals surface area (Å²) in [6, 6.07) is 7.92. The number of hydrogen-bond acceptors (Lipinski definition) is 5. The Labute approximate surface area is 191 Å². The monoisotopic (exact) mass is 464 g/mol. The summed E-state index contributed by atoms with van der Waals surface area (Å²) >= 11 is 0. The molecular formula is C25H36O6S. The molecule has 6 nitrogen and oxygen atoms in total. The number of carboxylic acids is 1. The zero-order chi connectivity index (χ0) is 23.6. The van der Waals surface area contributed by atoms with Crippen LogP contribution < -0.4 is 0 Å². The third-order valence-electron chi connectivity index (χ3n) is 6.21. The zero-order valence-corrected chi connectivity index (χ0v) is 19.7. The maximum absolute atomic E-state index is 13.4. The number of aliphatic carboxylic acids is 1. The van der Waals surface area contributed by atoms with E-state index >= 15 is 0 Å². The molecule has 32 heavy (non-hydrogen) atoms. The Balaban J connectivity index is 2.13. The minimum absolute atomic E-state index is 0.0679. The van der Waals surface area contributed by atoms with Gasteiger partial charge in [0, 0.05) is 12.3 Å². The second-order valence-corrected chi connectivity index (χ2v) is 10.8. The Hall–Kier alpha value is -1.99. The zero-order valence-electron chi connectivity index (χ0n) is 18.9. The SMILES string of the molecule is CCCCCCCCCC(=O)C(CC1=CCC(O)C1CC(=O)O)S(=O)(=O)c1ccccc1. The number of aliphatic hydroxyl groups excluding tert-OH is 1. The smallest absolute Gasteiger partial charge is 0.304 e. The summed E-state index contributed by atoms with van der Waals surface area (Å²) in [7, 11) is -3.93. The molecular weight excluding hydrogens is 428 g/mol. The lowest BCUT2D eigenvalue weighted by atomic mass is 9.91. The van der Waals surface area contributed by atoms with Crippen molar-refractivity contribution in [1.29, 1.82) is 0 Å². The summed E-state index contributed by atoms with van der Waals surface area (Å²) in [6.45, 7) is 2.16. The molecule has 3 atom stereocenters. The van der Waals surface area contributed by atoms with Crippen LogP contribution in [-0.2, 0) is 19.4 Å². The summed E-state index contributed by atoms with van der Waals surface area (Å²) < 4.78 is 26.7. The fourth-order valence-corrected chi connectivity index (χ4v) is 6.07.